The number of anilines is 1. The SMILES string of the molecule is CCCCCCCCOc1ccc(NC(=NC(C)(C)c2cccnc2)SCF)cc1C(F)F. The summed E-state index contributed by atoms with van der Waals surface area (Å²) in [5.41, 5.74) is 0.390. The van der Waals surface area contributed by atoms with E-state index >= 15 is 0 Å². The molecule has 0 atom stereocenters. The molecule has 0 aliphatic carbocycles. The number of halogens is 3. The zero-order valence-electron chi connectivity index (χ0n) is 19.6. The Labute approximate surface area is 199 Å². The van der Waals surface area contributed by atoms with E-state index in [0.29, 0.717) is 17.5 Å². The molecule has 0 saturated heterocycles. The molecule has 0 fully saturated rings. The van der Waals surface area contributed by atoms with Crippen molar-refractivity contribution >= 4 is 22.6 Å². The molecule has 0 aliphatic rings. The van der Waals surface area contributed by atoms with E-state index in [1.54, 1.807) is 24.5 Å². The van der Waals surface area contributed by atoms with Crippen LogP contribution in [0.3, 0.4) is 0 Å². The van der Waals surface area contributed by atoms with E-state index in [2.05, 4.69) is 22.2 Å². The molecule has 0 amide bonds. The number of ether oxygens (including phenoxy) is 1. The second-order valence-corrected chi connectivity index (χ2v) is 9.16. The summed E-state index contributed by atoms with van der Waals surface area (Å²) in [5, 5.41) is 3.29. The van der Waals surface area contributed by atoms with Gasteiger partial charge in [-0.1, -0.05) is 56.9 Å². The molecule has 33 heavy (non-hydrogen) atoms. The maximum absolute atomic E-state index is 13.7. The van der Waals surface area contributed by atoms with Crippen molar-refractivity contribution in [2.75, 3.05) is 17.9 Å². The Bertz CT molecular complexity index is 863. The Morgan fingerprint density at radius 3 is 2.58 bits per heavy atom. The predicted molar refractivity (Wildman–Crippen MR) is 132 cm³/mol. The average molecular weight is 482 g/mol. The lowest BCUT2D eigenvalue weighted by molar-refractivity contribution is 0.145. The molecule has 4 nitrogen and oxygen atoms in total. The van der Waals surface area contributed by atoms with Gasteiger partial charge in [0.15, 0.2) is 5.17 Å². The van der Waals surface area contributed by atoms with Gasteiger partial charge in [-0.3, -0.25) is 9.98 Å². The highest BCUT2D eigenvalue weighted by atomic mass is 32.2. The first-order valence-electron chi connectivity index (χ1n) is 11.4. The molecule has 182 valence electrons. The minimum atomic E-state index is -2.69. The van der Waals surface area contributed by atoms with Crippen LogP contribution in [-0.4, -0.2) is 22.8 Å². The summed E-state index contributed by atoms with van der Waals surface area (Å²) in [5.74, 6) is 0.177. The molecule has 1 aromatic heterocycles. The molecule has 1 heterocycles. The first-order chi connectivity index (χ1) is 15.9. The summed E-state index contributed by atoms with van der Waals surface area (Å²) in [7, 11) is 0. The van der Waals surface area contributed by atoms with Crippen molar-refractivity contribution in [2.24, 2.45) is 4.99 Å². The third kappa shape index (κ3) is 9.27. The molecule has 0 radical (unpaired) electrons. The van der Waals surface area contributed by atoms with Gasteiger partial charge in [-0.15, -0.1) is 0 Å². The lowest BCUT2D eigenvalue weighted by Crippen LogP contribution is -2.20. The first kappa shape index (κ1) is 27.0. The van der Waals surface area contributed by atoms with Gasteiger partial charge in [0.05, 0.1) is 17.7 Å². The quantitative estimate of drug-likeness (QED) is 0.178. The van der Waals surface area contributed by atoms with Crippen molar-refractivity contribution in [3.05, 3.63) is 53.9 Å². The number of rotatable bonds is 13. The Morgan fingerprint density at radius 2 is 1.91 bits per heavy atom. The van der Waals surface area contributed by atoms with Gasteiger partial charge < -0.3 is 10.1 Å². The van der Waals surface area contributed by atoms with Crippen molar-refractivity contribution in [3.63, 3.8) is 0 Å². The lowest BCUT2D eigenvalue weighted by Gasteiger charge is -2.22. The Balaban J connectivity index is 2.09. The predicted octanol–water partition coefficient (Wildman–Crippen LogP) is 8.12. The minimum absolute atomic E-state index is 0.177. The van der Waals surface area contributed by atoms with Gasteiger partial charge in [0.25, 0.3) is 6.43 Å². The maximum atomic E-state index is 13.7. The van der Waals surface area contributed by atoms with Crippen molar-refractivity contribution in [1.82, 2.24) is 4.98 Å². The molecule has 2 aromatic rings. The number of nitrogens with zero attached hydrogens (tertiary/aromatic N) is 2. The molecule has 0 aliphatic heterocycles. The van der Waals surface area contributed by atoms with Crippen LogP contribution in [0.15, 0.2) is 47.7 Å². The van der Waals surface area contributed by atoms with Crippen LogP contribution in [0.1, 0.15) is 76.8 Å². The standard InChI is InChI=1S/C25H34F3N3OS/c1-4-5-6-7-8-9-15-32-22-13-12-20(16-21(22)23(27)28)30-24(33-18-26)31-25(2,3)19-11-10-14-29-17-19/h10-14,16-17,23H,4-9,15,18H2,1-3H3,(H,30,31). The van der Waals surface area contributed by atoms with Crippen LogP contribution < -0.4 is 10.1 Å². The number of benzene rings is 1. The molecule has 1 aromatic carbocycles. The van der Waals surface area contributed by atoms with E-state index in [1.807, 2.05) is 19.9 Å². The Kier molecular flexibility index (Phi) is 11.6. The zero-order chi connectivity index (χ0) is 24.1. The van der Waals surface area contributed by atoms with Gasteiger partial charge in [0, 0.05) is 18.1 Å². The highest BCUT2D eigenvalue weighted by molar-refractivity contribution is 8.14. The van der Waals surface area contributed by atoms with Crippen molar-refractivity contribution in [1.29, 1.82) is 0 Å². The number of hydrogen-bond donors (Lipinski definition) is 1. The number of aromatic nitrogens is 1. The summed E-state index contributed by atoms with van der Waals surface area (Å²) in [4.78, 5) is 8.73. The van der Waals surface area contributed by atoms with Crippen LogP contribution in [0, 0.1) is 0 Å². The van der Waals surface area contributed by atoms with Crippen LogP contribution in [0.25, 0.3) is 0 Å². The first-order valence-corrected chi connectivity index (χ1v) is 12.4. The number of thioether (sulfide) groups is 1. The van der Waals surface area contributed by atoms with E-state index in [1.165, 1.54) is 31.4 Å². The smallest absolute Gasteiger partial charge is 0.267 e. The van der Waals surface area contributed by atoms with Crippen LogP contribution in [-0.2, 0) is 5.54 Å². The summed E-state index contributed by atoms with van der Waals surface area (Å²) in [6.45, 7) is 6.34. The second-order valence-electron chi connectivity index (χ2n) is 8.27. The van der Waals surface area contributed by atoms with Gasteiger partial charge in [-0.05, 0) is 50.1 Å². The number of pyridine rings is 1. The molecule has 1 N–H and O–H groups in total. The molecule has 0 spiro atoms. The number of alkyl halides is 3. The Morgan fingerprint density at radius 1 is 1.15 bits per heavy atom. The summed E-state index contributed by atoms with van der Waals surface area (Å²) >= 11 is 0.869. The molecular formula is C25H34F3N3OS. The highest BCUT2D eigenvalue weighted by Crippen LogP contribution is 2.33. The fraction of sp³-hybridized carbons (Fsp3) is 0.520. The van der Waals surface area contributed by atoms with Crippen LogP contribution in [0.4, 0.5) is 18.9 Å². The molecule has 0 saturated carbocycles. The number of nitrogens with one attached hydrogen (secondary N) is 1. The third-order valence-electron chi connectivity index (χ3n) is 5.19. The van der Waals surface area contributed by atoms with Gasteiger partial charge >= 0.3 is 0 Å². The zero-order valence-corrected chi connectivity index (χ0v) is 20.4. The lowest BCUT2D eigenvalue weighted by atomic mass is 9.97. The van der Waals surface area contributed by atoms with E-state index in [9.17, 15) is 13.2 Å². The second kappa shape index (κ2) is 14.1. The number of aliphatic imine (C=N–C) groups is 1. The molecule has 0 unspecified atom stereocenters. The minimum Gasteiger partial charge on any atom is -0.493 e. The van der Waals surface area contributed by atoms with Crippen molar-refractivity contribution < 1.29 is 17.9 Å². The fourth-order valence-corrected chi connectivity index (χ4v) is 3.89. The number of amidine groups is 1. The Hall–Kier alpha value is -2.22. The van der Waals surface area contributed by atoms with Crippen LogP contribution in [0.2, 0.25) is 0 Å². The fourth-order valence-electron chi connectivity index (χ4n) is 3.31. The topological polar surface area (TPSA) is 46.5 Å². The average Bonchev–Trinajstić information content (AvgIpc) is 2.79. The van der Waals surface area contributed by atoms with E-state index in [0.717, 1.165) is 36.6 Å². The molecule has 2 rings (SSSR count). The molecule has 0 bridgehead atoms. The van der Waals surface area contributed by atoms with Crippen LogP contribution >= 0.6 is 11.8 Å². The van der Waals surface area contributed by atoms with Gasteiger partial charge in [0.2, 0.25) is 0 Å². The van der Waals surface area contributed by atoms with Crippen molar-refractivity contribution in [3.8, 4) is 5.75 Å². The highest BCUT2D eigenvalue weighted by Gasteiger charge is 2.21. The van der Waals surface area contributed by atoms with Gasteiger partial charge in [-0.25, -0.2) is 13.2 Å². The maximum Gasteiger partial charge on any atom is 0.267 e. The molecular weight excluding hydrogens is 447 g/mol. The third-order valence-corrected chi connectivity index (χ3v) is 5.77. The number of hydrogen-bond acceptors (Lipinski definition) is 4. The monoisotopic (exact) mass is 481 g/mol. The largest absolute Gasteiger partial charge is 0.493 e. The van der Waals surface area contributed by atoms with E-state index < -0.39 is 18.0 Å². The van der Waals surface area contributed by atoms with Gasteiger partial charge in [0.1, 0.15) is 11.8 Å². The van der Waals surface area contributed by atoms with Gasteiger partial charge in [-0.2, -0.15) is 0 Å². The van der Waals surface area contributed by atoms with Crippen LogP contribution in [0.5, 0.6) is 5.75 Å². The normalized spacial score (nSPS) is 12.3. The van der Waals surface area contributed by atoms with E-state index in [-0.39, 0.29) is 11.3 Å². The van der Waals surface area contributed by atoms with Crippen molar-refractivity contribution in [2.45, 2.75) is 71.3 Å². The van der Waals surface area contributed by atoms with E-state index in [4.69, 9.17) is 4.74 Å². The number of unbranched alkanes of at least 4 members (excludes halogenated alkanes) is 5. The molecule has 8 heteroatoms. The summed E-state index contributed by atoms with van der Waals surface area (Å²) in [6.07, 6.45) is 7.27. The summed E-state index contributed by atoms with van der Waals surface area (Å²) in [6, 6.07) is 7.52. The summed E-state index contributed by atoms with van der Waals surface area (Å²) < 4.78 is 46.2.